The Balaban J connectivity index is 2.04. The molecule has 0 fully saturated rings. The zero-order valence-corrected chi connectivity index (χ0v) is 10.4. The van der Waals surface area contributed by atoms with Gasteiger partial charge in [-0.1, -0.05) is 18.2 Å². The van der Waals surface area contributed by atoms with Crippen molar-refractivity contribution < 1.29 is 4.74 Å². The van der Waals surface area contributed by atoms with Crippen molar-refractivity contribution in [2.45, 2.75) is 10.6 Å². The first-order valence-corrected chi connectivity index (χ1v) is 6.24. The Morgan fingerprint density at radius 3 is 2.76 bits per heavy atom. The number of ether oxygens (including phenoxy) is 1. The molecule has 2 rings (SSSR count). The maximum Gasteiger partial charge on any atom is 0.123 e. The minimum Gasteiger partial charge on any atom is -0.496 e. The molecule has 0 aliphatic rings. The third kappa shape index (κ3) is 3.14. The largest absolute Gasteiger partial charge is 0.496 e. The first kappa shape index (κ1) is 11.8. The van der Waals surface area contributed by atoms with Crippen LogP contribution in [0.2, 0.25) is 0 Å². The Morgan fingerprint density at radius 1 is 1.24 bits per heavy atom. The van der Waals surface area contributed by atoms with Crippen LogP contribution in [0.15, 0.2) is 47.5 Å². The summed E-state index contributed by atoms with van der Waals surface area (Å²) in [5.41, 5.74) is 6.72. The molecule has 0 aliphatic heterocycles. The van der Waals surface area contributed by atoms with E-state index in [0.717, 1.165) is 16.4 Å². The summed E-state index contributed by atoms with van der Waals surface area (Å²) >= 11 is 1.71. The highest BCUT2D eigenvalue weighted by Crippen LogP contribution is 2.27. The summed E-state index contributed by atoms with van der Waals surface area (Å²) in [5, 5.41) is 0. The maximum absolute atomic E-state index is 5.54. The normalized spacial score (nSPS) is 10.2. The number of para-hydroxylation sites is 1. The number of hydrogen-bond donors (Lipinski definition) is 1. The molecule has 0 saturated heterocycles. The molecule has 2 N–H and O–H groups in total. The third-order valence-electron chi connectivity index (χ3n) is 2.35. The number of benzene rings is 1. The fraction of sp³-hybridized carbons (Fsp3) is 0.154. The van der Waals surface area contributed by atoms with E-state index in [0.29, 0.717) is 5.82 Å². The van der Waals surface area contributed by atoms with Gasteiger partial charge in [0.1, 0.15) is 11.6 Å². The molecule has 3 nitrogen and oxygen atoms in total. The summed E-state index contributed by atoms with van der Waals surface area (Å²) in [4.78, 5) is 5.16. The number of methoxy groups -OCH3 is 1. The van der Waals surface area contributed by atoms with Crippen molar-refractivity contribution in [1.29, 1.82) is 0 Å². The van der Waals surface area contributed by atoms with E-state index in [9.17, 15) is 0 Å². The van der Waals surface area contributed by atoms with Gasteiger partial charge in [0.05, 0.1) is 7.11 Å². The third-order valence-corrected chi connectivity index (χ3v) is 3.38. The lowest BCUT2D eigenvalue weighted by atomic mass is 10.2. The molecular weight excluding hydrogens is 232 g/mol. The number of anilines is 1. The van der Waals surface area contributed by atoms with Crippen LogP contribution >= 0.6 is 11.8 Å². The first-order chi connectivity index (χ1) is 8.29. The molecule has 0 amide bonds. The predicted molar refractivity (Wildman–Crippen MR) is 71.2 cm³/mol. The number of nitrogens with zero attached hydrogens (tertiary/aromatic N) is 1. The molecule has 1 heterocycles. The Bertz CT molecular complexity index is 485. The van der Waals surface area contributed by atoms with E-state index in [4.69, 9.17) is 10.5 Å². The summed E-state index contributed by atoms with van der Waals surface area (Å²) in [6.07, 6.45) is 1.79. The van der Waals surface area contributed by atoms with E-state index in [1.807, 2.05) is 30.3 Å². The van der Waals surface area contributed by atoms with Crippen molar-refractivity contribution in [3.8, 4) is 5.75 Å². The Morgan fingerprint density at radius 2 is 2.06 bits per heavy atom. The van der Waals surface area contributed by atoms with Crippen molar-refractivity contribution in [2.24, 2.45) is 0 Å². The fourth-order valence-electron chi connectivity index (χ4n) is 1.46. The number of nitrogen functional groups attached to an aromatic ring is 1. The molecule has 1 aromatic heterocycles. The maximum atomic E-state index is 5.54. The minimum absolute atomic E-state index is 0.548. The molecule has 0 aliphatic carbocycles. The molecule has 4 heteroatoms. The number of thioether (sulfide) groups is 1. The van der Waals surface area contributed by atoms with Crippen molar-refractivity contribution in [2.75, 3.05) is 12.8 Å². The van der Waals surface area contributed by atoms with Gasteiger partial charge in [-0.25, -0.2) is 4.98 Å². The average Bonchev–Trinajstić information content (AvgIpc) is 2.38. The first-order valence-electron chi connectivity index (χ1n) is 5.26. The SMILES string of the molecule is COc1ccccc1CSc1ccc(N)nc1. The van der Waals surface area contributed by atoms with Gasteiger partial charge in [0.25, 0.3) is 0 Å². The van der Waals surface area contributed by atoms with Gasteiger partial charge in [-0.05, 0) is 18.2 Å². The van der Waals surface area contributed by atoms with Crippen LogP contribution < -0.4 is 10.5 Å². The van der Waals surface area contributed by atoms with Crippen LogP contribution in [-0.2, 0) is 5.75 Å². The van der Waals surface area contributed by atoms with Gasteiger partial charge in [0.15, 0.2) is 0 Å². The van der Waals surface area contributed by atoms with Crippen molar-refractivity contribution >= 4 is 17.6 Å². The van der Waals surface area contributed by atoms with Gasteiger partial charge in [-0.2, -0.15) is 0 Å². The van der Waals surface area contributed by atoms with Gasteiger partial charge < -0.3 is 10.5 Å². The van der Waals surface area contributed by atoms with E-state index in [2.05, 4.69) is 11.1 Å². The van der Waals surface area contributed by atoms with E-state index in [1.165, 1.54) is 5.56 Å². The van der Waals surface area contributed by atoms with Gasteiger partial charge in [0, 0.05) is 22.4 Å². The highest BCUT2D eigenvalue weighted by Gasteiger charge is 2.02. The van der Waals surface area contributed by atoms with Gasteiger partial charge in [0.2, 0.25) is 0 Å². The van der Waals surface area contributed by atoms with Crippen LogP contribution in [-0.4, -0.2) is 12.1 Å². The highest BCUT2D eigenvalue weighted by molar-refractivity contribution is 7.98. The number of pyridine rings is 1. The molecule has 0 saturated carbocycles. The molecule has 0 bridgehead atoms. The summed E-state index contributed by atoms with van der Waals surface area (Å²) in [6.45, 7) is 0. The number of hydrogen-bond acceptors (Lipinski definition) is 4. The van der Waals surface area contributed by atoms with Crippen molar-refractivity contribution in [3.63, 3.8) is 0 Å². The predicted octanol–water partition coefficient (Wildman–Crippen LogP) is 2.96. The lowest BCUT2D eigenvalue weighted by Crippen LogP contribution is -1.90. The smallest absolute Gasteiger partial charge is 0.123 e. The van der Waals surface area contributed by atoms with Crippen molar-refractivity contribution in [3.05, 3.63) is 48.2 Å². The van der Waals surface area contributed by atoms with Crippen molar-refractivity contribution in [1.82, 2.24) is 4.98 Å². The lowest BCUT2D eigenvalue weighted by molar-refractivity contribution is 0.411. The molecule has 17 heavy (non-hydrogen) atoms. The van der Waals surface area contributed by atoms with Crippen LogP contribution in [0.4, 0.5) is 5.82 Å². The minimum atomic E-state index is 0.548. The quantitative estimate of drug-likeness (QED) is 0.843. The van der Waals surface area contributed by atoms with E-state index >= 15 is 0 Å². The van der Waals surface area contributed by atoms with Crippen LogP contribution in [0.1, 0.15) is 5.56 Å². The highest BCUT2D eigenvalue weighted by atomic mass is 32.2. The molecule has 2 aromatic rings. The zero-order valence-electron chi connectivity index (χ0n) is 9.59. The van der Waals surface area contributed by atoms with Crippen LogP contribution in [0.3, 0.4) is 0 Å². The molecular formula is C13H14N2OS. The average molecular weight is 246 g/mol. The number of nitrogens with two attached hydrogens (primary N) is 1. The van der Waals surface area contributed by atoms with Gasteiger partial charge in [-0.3, -0.25) is 0 Å². The van der Waals surface area contributed by atoms with E-state index < -0.39 is 0 Å². The zero-order chi connectivity index (χ0) is 12.1. The molecule has 0 spiro atoms. The van der Waals surface area contributed by atoms with Crippen LogP contribution in [0.25, 0.3) is 0 Å². The summed E-state index contributed by atoms with van der Waals surface area (Å²) in [5.74, 6) is 2.32. The van der Waals surface area contributed by atoms with E-state index in [1.54, 1.807) is 25.1 Å². The molecule has 0 unspecified atom stereocenters. The topological polar surface area (TPSA) is 48.1 Å². The van der Waals surface area contributed by atoms with Crippen LogP contribution in [0.5, 0.6) is 5.75 Å². The molecule has 1 aromatic carbocycles. The van der Waals surface area contributed by atoms with Gasteiger partial charge in [-0.15, -0.1) is 11.8 Å². The molecule has 0 atom stereocenters. The Labute approximate surface area is 105 Å². The van der Waals surface area contributed by atoms with Gasteiger partial charge >= 0.3 is 0 Å². The van der Waals surface area contributed by atoms with Crippen LogP contribution in [0, 0.1) is 0 Å². The second-order valence-electron chi connectivity index (χ2n) is 3.52. The summed E-state index contributed by atoms with van der Waals surface area (Å²) in [6, 6.07) is 11.8. The lowest BCUT2D eigenvalue weighted by Gasteiger charge is -2.07. The Hall–Kier alpha value is -1.68. The number of aromatic nitrogens is 1. The Kier molecular flexibility index (Phi) is 3.88. The molecule has 88 valence electrons. The second kappa shape index (κ2) is 5.59. The molecule has 0 radical (unpaired) electrons. The summed E-state index contributed by atoms with van der Waals surface area (Å²) in [7, 11) is 1.69. The number of rotatable bonds is 4. The standard InChI is InChI=1S/C13H14N2OS/c1-16-12-5-3-2-4-10(12)9-17-11-6-7-13(14)15-8-11/h2-8H,9H2,1H3,(H2,14,15). The monoisotopic (exact) mass is 246 g/mol. The fourth-order valence-corrected chi connectivity index (χ4v) is 2.31. The van der Waals surface area contributed by atoms with E-state index in [-0.39, 0.29) is 0 Å². The summed E-state index contributed by atoms with van der Waals surface area (Å²) < 4.78 is 5.30. The second-order valence-corrected chi connectivity index (χ2v) is 4.57.